The molecule has 0 heterocycles. The first-order chi connectivity index (χ1) is 7.64. The van der Waals surface area contributed by atoms with Crippen molar-refractivity contribution in [3.8, 4) is 0 Å². The second-order valence-electron chi connectivity index (χ2n) is 6.39. The number of alkyl halides is 1. The lowest BCUT2D eigenvalue weighted by Crippen LogP contribution is -2.37. The summed E-state index contributed by atoms with van der Waals surface area (Å²) in [6, 6.07) is 9.19. The Bertz CT molecular complexity index is 352. The summed E-state index contributed by atoms with van der Waals surface area (Å²) in [6.45, 7) is 13.8. The van der Waals surface area contributed by atoms with Crippen LogP contribution in [0.3, 0.4) is 0 Å². The van der Waals surface area contributed by atoms with Crippen molar-refractivity contribution in [2.45, 2.75) is 56.8 Å². The summed E-state index contributed by atoms with van der Waals surface area (Å²) in [5.74, 6) is 0.731. The molecule has 1 aromatic carbocycles. The molecule has 0 N–H and O–H groups in total. The largest absolute Gasteiger partial charge is 0.0785 e. The van der Waals surface area contributed by atoms with Gasteiger partial charge in [0.2, 0.25) is 0 Å². The van der Waals surface area contributed by atoms with Crippen LogP contribution in [0.4, 0.5) is 0 Å². The monoisotopic (exact) mass is 344 g/mol. The standard InChI is InChI=1S/C16H25I/c1-12(2)11-13-7-9-14(10-8-13)15(3,4)16(5,6)17/h7-10,12H,11H2,1-6H3. The normalized spacial score (nSPS) is 13.2. The van der Waals surface area contributed by atoms with Gasteiger partial charge in [-0.3, -0.25) is 0 Å². The minimum absolute atomic E-state index is 0.198. The molecule has 0 atom stereocenters. The maximum absolute atomic E-state index is 2.55. The molecule has 0 nitrogen and oxygen atoms in total. The molecule has 1 aromatic rings. The Morgan fingerprint density at radius 1 is 1.00 bits per heavy atom. The minimum atomic E-state index is 0.198. The summed E-state index contributed by atoms with van der Waals surface area (Å²) in [4.78, 5) is 0. The molecule has 0 amide bonds. The Kier molecular flexibility index (Phi) is 4.67. The van der Waals surface area contributed by atoms with Crippen molar-refractivity contribution in [1.82, 2.24) is 0 Å². The van der Waals surface area contributed by atoms with Gasteiger partial charge in [-0.15, -0.1) is 0 Å². The van der Waals surface area contributed by atoms with Crippen LogP contribution in [-0.4, -0.2) is 3.42 Å². The fourth-order valence-corrected chi connectivity index (χ4v) is 2.18. The third-order valence-corrected chi connectivity index (χ3v) is 5.15. The lowest BCUT2D eigenvalue weighted by atomic mass is 9.75. The zero-order valence-electron chi connectivity index (χ0n) is 12.0. The zero-order valence-corrected chi connectivity index (χ0v) is 14.1. The van der Waals surface area contributed by atoms with Crippen LogP contribution in [0.2, 0.25) is 0 Å². The lowest BCUT2D eigenvalue weighted by molar-refractivity contribution is 0.431. The number of hydrogen-bond donors (Lipinski definition) is 0. The molecule has 0 fully saturated rings. The maximum atomic E-state index is 2.55. The Morgan fingerprint density at radius 3 is 1.82 bits per heavy atom. The molecule has 96 valence electrons. The van der Waals surface area contributed by atoms with Crippen molar-refractivity contribution < 1.29 is 0 Å². The van der Waals surface area contributed by atoms with Gasteiger partial charge in [0.05, 0.1) is 0 Å². The van der Waals surface area contributed by atoms with E-state index in [2.05, 4.69) is 88.4 Å². The fourth-order valence-electron chi connectivity index (χ4n) is 1.87. The summed E-state index contributed by atoms with van der Waals surface area (Å²) < 4.78 is 0.254. The first kappa shape index (κ1) is 15.0. The first-order valence-corrected chi connectivity index (χ1v) is 7.51. The molecule has 1 rings (SSSR count). The van der Waals surface area contributed by atoms with Crippen molar-refractivity contribution in [1.29, 1.82) is 0 Å². The predicted octanol–water partition coefficient (Wildman–Crippen LogP) is 5.38. The van der Waals surface area contributed by atoms with Crippen LogP contribution in [-0.2, 0) is 11.8 Å². The number of halogens is 1. The van der Waals surface area contributed by atoms with Crippen LogP contribution in [0, 0.1) is 5.92 Å². The third kappa shape index (κ3) is 3.70. The molecule has 0 spiro atoms. The van der Waals surface area contributed by atoms with E-state index in [0.717, 1.165) is 5.92 Å². The SMILES string of the molecule is CC(C)Cc1ccc(C(C)(C)C(C)(C)I)cc1. The van der Waals surface area contributed by atoms with E-state index in [0.29, 0.717) is 0 Å². The van der Waals surface area contributed by atoms with Crippen LogP contribution < -0.4 is 0 Å². The summed E-state index contributed by atoms with van der Waals surface area (Å²) in [7, 11) is 0. The Labute approximate surface area is 120 Å². The van der Waals surface area contributed by atoms with Crippen LogP contribution in [0.25, 0.3) is 0 Å². The number of benzene rings is 1. The van der Waals surface area contributed by atoms with E-state index in [9.17, 15) is 0 Å². The van der Waals surface area contributed by atoms with Crippen molar-refractivity contribution in [2.75, 3.05) is 0 Å². The van der Waals surface area contributed by atoms with Gasteiger partial charge >= 0.3 is 0 Å². The zero-order chi connectivity index (χ0) is 13.3. The topological polar surface area (TPSA) is 0 Å². The molecule has 0 bridgehead atoms. The lowest BCUT2D eigenvalue weighted by Gasteiger charge is -2.37. The van der Waals surface area contributed by atoms with E-state index in [4.69, 9.17) is 0 Å². The van der Waals surface area contributed by atoms with E-state index in [1.165, 1.54) is 17.5 Å². The molecular weight excluding hydrogens is 319 g/mol. The number of rotatable bonds is 4. The minimum Gasteiger partial charge on any atom is -0.0785 e. The van der Waals surface area contributed by atoms with Crippen LogP contribution in [0.15, 0.2) is 24.3 Å². The summed E-state index contributed by atoms with van der Waals surface area (Å²) in [5.41, 5.74) is 3.08. The Balaban J connectivity index is 2.95. The van der Waals surface area contributed by atoms with Crippen LogP contribution in [0.1, 0.15) is 52.7 Å². The van der Waals surface area contributed by atoms with Gasteiger partial charge in [0.1, 0.15) is 0 Å². The average molecular weight is 344 g/mol. The molecule has 0 aliphatic carbocycles. The van der Waals surface area contributed by atoms with Crippen molar-refractivity contribution >= 4 is 22.6 Å². The van der Waals surface area contributed by atoms with E-state index < -0.39 is 0 Å². The van der Waals surface area contributed by atoms with E-state index in [1.807, 2.05) is 0 Å². The second kappa shape index (κ2) is 5.29. The van der Waals surface area contributed by atoms with Gasteiger partial charge in [0.25, 0.3) is 0 Å². The van der Waals surface area contributed by atoms with Gasteiger partial charge in [-0.2, -0.15) is 0 Å². The van der Waals surface area contributed by atoms with E-state index in [1.54, 1.807) is 0 Å². The highest BCUT2D eigenvalue weighted by atomic mass is 127. The molecule has 0 unspecified atom stereocenters. The van der Waals surface area contributed by atoms with Crippen molar-refractivity contribution in [2.24, 2.45) is 5.92 Å². The average Bonchev–Trinajstić information content (AvgIpc) is 2.15. The van der Waals surface area contributed by atoms with E-state index >= 15 is 0 Å². The van der Waals surface area contributed by atoms with Gasteiger partial charge in [-0.25, -0.2) is 0 Å². The molecule has 1 heteroatoms. The van der Waals surface area contributed by atoms with Gasteiger partial charge in [0.15, 0.2) is 0 Å². The molecule has 0 aromatic heterocycles. The maximum Gasteiger partial charge on any atom is 0.0257 e. The molecule has 0 saturated carbocycles. The molecule has 17 heavy (non-hydrogen) atoms. The second-order valence-corrected chi connectivity index (χ2v) is 9.09. The fraction of sp³-hybridized carbons (Fsp3) is 0.625. The van der Waals surface area contributed by atoms with Crippen LogP contribution >= 0.6 is 22.6 Å². The van der Waals surface area contributed by atoms with E-state index in [-0.39, 0.29) is 8.84 Å². The quantitative estimate of drug-likeness (QED) is 0.508. The summed E-state index contributed by atoms with van der Waals surface area (Å²) in [6.07, 6.45) is 1.17. The predicted molar refractivity (Wildman–Crippen MR) is 86.1 cm³/mol. The molecular formula is C16H25I. The Hall–Kier alpha value is -0.0500. The smallest absolute Gasteiger partial charge is 0.0257 e. The van der Waals surface area contributed by atoms with Gasteiger partial charge in [-0.1, -0.05) is 74.6 Å². The number of hydrogen-bond acceptors (Lipinski definition) is 0. The molecule has 0 aliphatic heterocycles. The van der Waals surface area contributed by atoms with Gasteiger partial charge in [0, 0.05) is 8.84 Å². The molecule has 0 aliphatic rings. The third-order valence-electron chi connectivity index (χ3n) is 3.81. The first-order valence-electron chi connectivity index (χ1n) is 6.43. The van der Waals surface area contributed by atoms with Gasteiger partial charge in [-0.05, 0) is 37.3 Å². The van der Waals surface area contributed by atoms with Crippen molar-refractivity contribution in [3.63, 3.8) is 0 Å². The summed E-state index contributed by atoms with van der Waals surface area (Å²) in [5, 5.41) is 0. The van der Waals surface area contributed by atoms with Crippen molar-refractivity contribution in [3.05, 3.63) is 35.4 Å². The molecule has 0 radical (unpaired) electrons. The highest BCUT2D eigenvalue weighted by Crippen LogP contribution is 2.41. The summed E-state index contributed by atoms with van der Waals surface area (Å²) >= 11 is 2.55. The van der Waals surface area contributed by atoms with Crippen LogP contribution in [0.5, 0.6) is 0 Å². The highest BCUT2D eigenvalue weighted by molar-refractivity contribution is 14.1. The molecule has 0 saturated heterocycles. The highest BCUT2D eigenvalue weighted by Gasteiger charge is 2.35. The Morgan fingerprint density at radius 2 is 1.47 bits per heavy atom. The van der Waals surface area contributed by atoms with Gasteiger partial charge < -0.3 is 0 Å².